The molecule has 0 fully saturated rings. The van der Waals surface area contributed by atoms with Gasteiger partial charge in [0.1, 0.15) is 0 Å². The zero-order valence-electron chi connectivity index (χ0n) is 28.2. The van der Waals surface area contributed by atoms with Crippen LogP contribution in [0, 0.1) is 13.8 Å². The third-order valence-corrected chi connectivity index (χ3v) is 9.86. The van der Waals surface area contributed by atoms with Crippen LogP contribution in [0.25, 0.3) is 43.1 Å². The van der Waals surface area contributed by atoms with Crippen molar-refractivity contribution in [3.8, 4) is 0 Å². The molecule has 0 atom stereocenters. The van der Waals surface area contributed by atoms with Gasteiger partial charge in [0.15, 0.2) is 0 Å². The lowest BCUT2D eigenvalue weighted by Crippen LogP contribution is -2.12. The van der Waals surface area contributed by atoms with Crippen LogP contribution in [0.4, 0.5) is 34.1 Å². The number of fused-ring (bicyclic) bond motifs is 6. The number of anilines is 6. The van der Waals surface area contributed by atoms with Gasteiger partial charge in [0.2, 0.25) is 0 Å². The molecular weight excluding hydrogens is 605 g/mol. The minimum absolute atomic E-state index is 1.11. The Morgan fingerprint density at radius 2 is 0.620 bits per heavy atom. The Labute approximate surface area is 293 Å². The average Bonchev–Trinajstić information content (AvgIpc) is 3.15. The van der Waals surface area contributed by atoms with E-state index in [4.69, 9.17) is 0 Å². The van der Waals surface area contributed by atoms with Crippen molar-refractivity contribution in [2.45, 2.75) is 13.8 Å². The summed E-state index contributed by atoms with van der Waals surface area (Å²) in [5, 5.41) is 10.1. The van der Waals surface area contributed by atoms with Crippen LogP contribution < -0.4 is 9.80 Å². The Balaban J connectivity index is 1.16. The third-order valence-electron chi connectivity index (χ3n) is 9.86. The van der Waals surface area contributed by atoms with Crippen LogP contribution in [0.3, 0.4) is 0 Å². The smallest absolute Gasteiger partial charge is 0.0468 e. The Kier molecular flexibility index (Phi) is 7.29. The average molecular weight is 641 g/mol. The second-order valence-corrected chi connectivity index (χ2v) is 13.2. The van der Waals surface area contributed by atoms with E-state index in [0.717, 1.165) is 34.1 Å². The molecule has 9 aromatic rings. The van der Waals surface area contributed by atoms with Crippen LogP contribution in [-0.2, 0) is 0 Å². The predicted octanol–water partition coefficient (Wildman–Crippen LogP) is 13.9. The Morgan fingerprint density at radius 3 is 1.06 bits per heavy atom. The maximum absolute atomic E-state index is 2.36. The van der Waals surface area contributed by atoms with Crippen molar-refractivity contribution in [3.05, 3.63) is 193 Å². The van der Waals surface area contributed by atoms with E-state index < -0.39 is 0 Å². The molecule has 50 heavy (non-hydrogen) atoms. The van der Waals surface area contributed by atoms with Gasteiger partial charge in [-0.15, -0.1) is 0 Å². The van der Waals surface area contributed by atoms with Gasteiger partial charge in [0.25, 0.3) is 0 Å². The molecule has 0 saturated carbocycles. The van der Waals surface area contributed by atoms with Crippen LogP contribution in [-0.4, -0.2) is 0 Å². The highest BCUT2D eigenvalue weighted by Crippen LogP contribution is 2.41. The summed E-state index contributed by atoms with van der Waals surface area (Å²) in [4.78, 5) is 4.73. The molecule has 0 aromatic heterocycles. The molecule has 0 amide bonds. The van der Waals surface area contributed by atoms with Gasteiger partial charge >= 0.3 is 0 Å². The van der Waals surface area contributed by atoms with E-state index >= 15 is 0 Å². The third kappa shape index (κ3) is 5.32. The monoisotopic (exact) mass is 640 g/mol. The highest BCUT2D eigenvalue weighted by atomic mass is 15.2. The first-order chi connectivity index (χ1) is 24.6. The second kappa shape index (κ2) is 12.3. The lowest BCUT2D eigenvalue weighted by Gasteiger charge is -2.29. The van der Waals surface area contributed by atoms with Crippen molar-refractivity contribution in [1.29, 1.82) is 0 Å². The van der Waals surface area contributed by atoms with Crippen LogP contribution >= 0.6 is 0 Å². The fourth-order valence-electron chi connectivity index (χ4n) is 7.46. The van der Waals surface area contributed by atoms with Gasteiger partial charge < -0.3 is 9.80 Å². The van der Waals surface area contributed by atoms with Crippen LogP contribution in [0.1, 0.15) is 11.1 Å². The van der Waals surface area contributed by atoms with E-state index in [-0.39, 0.29) is 0 Å². The summed E-state index contributed by atoms with van der Waals surface area (Å²) >= 11 is 0. The minimum atomic E-state index is 1.11. The molecule has 9 rings (SSSR count). The topological polar surface area (TPSA) is 6.48 Å². The van der Waals surface area contributed by atoms with Crippen molar-refractivity contribution in [2.75, 3.05) is 9.80 Å². The lowest BCUT2D eigenvalue weighted by atomic mass is 10.0. The summed E-state index contributed by atoms with van der Waals surface area (Å²) in [6.07, 6.45) is 0. The van der Waals surface area contributed by atoms with Crippen LogP contribution in [0.5, 0.6) is 0 Å². The summed E-state index contributed by atoms with van der Waals surface area (Å²) in [5.74, 6) is 0. The van der Waals surface area contributed by atoms with Crippen molar-refractivity contribution in [3.63, 3.8) is 0 Å². The van der Waals surface area contributed by atoms with Crippen molar-refractivity contribution in [2.24, 2.45) is 0 Å². The first-order valence-electron chi connectivity index (χ1n) is 17.3. The quantitative estimate of drug-likeness (QED) is 0.167. The molecule has 0 N–H and O–H groups in total. The normalized spacial score (nSPS) is 11.4. The largest absolute Gasteiger partial charge is 0.310 e. The molecule has 2 heteroatoms. The molecule has 0 heterocycles. The SMILES string of the molecule is Cc1cccc(N(c2ccc(N(c3cccc(C)c3)c3ccc4c(ccc5ccccc54)c3)cc2)c2ccc3c(ccc4ccccc43)c2)c1. The van der Waals surface area contributed by atoms with Gasteiger partial charge in [-0.2, -0.15) is 0 Å². The van der Waals surface area contributed by atoms with Gasteiger partial charge in [-0.3, -0.25) is 0 Å². The Hall–Kier alpha value is -6.38. The lowest BCUT2D eigenvalue weighted by molar-refractivity contribution is 1.25. The minimum Gasteiger partial charge on any atom is -0.310 e. The van der Waals surface area contributed by atoms with Crippen molar-refractivity contribution in [1.82, 2.24) is 0 Å². The number of hydrogen-bond acceptors (Lipinski definition) is 2. The standard InChI is InChI=1S/C48H36N2/c1-33-9-7-13-41(29-33)49(43-25-27-47-37(31-43)19-17-35-11-3-5-15-45(35)47)39-21-23-40(24-22-39)50(42-14-8-10-34(2)30-42)44-26-28-48-38(32-44)20-18-36-12-4-6-16-46(36)48/h3-32H,1-2H3. The van der Waals surface area contributed by atoms with E-state index in [1.807, 2.05) is 0 Å². The molecule has 0 radical (unpaired) electrons. The van der Waals surface area contributed by atoms with Crippen LogP contribution in [0.15, 0.2) is 182 Å². The van der Waals surface area contributed by atoms with Gasteiger partial charge in [0.05, 0.1) is 0 Å². The van der Waals surface area contributed by atoms with E-state index in [0.29, 0.717) is 0 Å². The van der Waals surface area contributed by atoms with E-state index in [9.17, 15) is 0 Å². The molecule has 2 nitrogen and oxygen atoms in total. The van der Waals surface area contributed by atoms with E-state index in [2.05, 4.69) is 206 Å². The number of hydrogen-bond donors (Lipinski definition) is 0. The molecule has 0 bridgehead atoms. The summed E-state index contributed by atoms with van der Waals surface area (Å²) < 4.78 is 0. The van der Waals surface area contributed by atoms with Crippen LogP contribution in [0.2, 0.25) is 0 Å². The maximum Gasteiger partial charge on any atom is 0.0468 e. The van der Waals surface area contributed by atoms with Gasteiger partial charge in [-0.1, -0.05) is 109 Å². The van der Waals surface area contributed by atoms with Crippen molar-refractivity contribution < 1.29 is 0 Å². The van der Waals surface area contributed by atoms with Gasteiger partial charge in [-0.05, 0) is 141 Å². The predicted molar refractivity (Wildman–Crippen MR) is 215 cm³/mol. The van der Waals surface area contributed by atoms with E-state index in [1.165, 1.54) is 54.2 Å². The fourth-order valence-corrected chi connectivity index (χ4v) is 7.46. The van der Waals surface area contributed by atoms with Crippen molar-refractivity contribution >= 4 is 77.2 Å². The van der Waals surface area contributed by atoms with Gasteiger partial charge in [0, 0.05) is 34.1 Å². The molecule has 238 valence electrons. The molecule has 0 aliphatic heterocycles. The molecule has 0 aliphatic carbocycles. The van der Waals surface area contributed by atoms with Gasteiger partial charge in [-0.25, -0.2) is 0 Å². The van der Waals surface area contributed by atoms with E-state index in [1.54, 1.807) is 0 Å². The summed E-state index contributed by atoms with van der Waals surface area (Å²) in [7, 11) is 0. The summed E-state index contributed by atoms with van der Waals surface area (Å²) in [6, 6.07) is 66.4. The highest BCUT2D eigenvalue weighted by molar-refractivity contribution is 6.09. The first kappa shape index (κ1) is 29.7. The molecule has 0 saturated heterocycles. The Morgan fingerprint density at radius 1 is 0.260 bits per heavy atom. The summed E-state index contributed by atoms with van der Waals surface area (Å²) in [6.45, 7) is 4.31. The summed E-state index contributed by atoms with van der Waals surface area (Å²) in [5.41, 5.74) is 9.19. The molecule has 0 aliphatic rings. The maximum atomic E-state index is 2.36. The number of benzene rings is 9. The molecule has 9 aromatic carbocycles. The molecular formula is C48H36N2. The highest BCUT2D eigenvalue weighted by Gasteiger charge is 2.18. The molecule has 0 unspecified atom stereocenters. The fraction of sp³-hybridized carbons (Fsp3) is 0.0417. The zero-order chi connectivity index (χ0) is 33.6. The zero-order valence-corrected chi connectivity index (χ0v) is 28.2. The number of nitrogens with zero attached hydrogens (tertiary/aromatic N) is 2. The number of aryl methyl sites for hydroxylation is 2. The first-order valence-corrected chi connectivity index (χ1v) is 17.3. The number of rotatable bonds is 6. The molecule has 0 spiro atoms. The second-order valence-electron chi connectivity index (χ2n) is 13.2. The Bertz CT molecular complexity index is 2500.